The molecule has 6 heteroatoms. The Bertz CT molecular complexity index is 814. The Morgan fingerprint density at radius 3 is 2.68 bits per heavy atom. The first-order valence-corrected chi connectivity index (χ1v) is 7.19. The van der Waals surface area contributed by atoms with Gasteiger partial charge in [0.15, 0.2) is 17.3 Å². The summed E-state index contributed by atoms with van der Waals surface area (Å²) in [5.41, 5.74) is 2.48. The number of imidazole rings is 1. The van der Waals surface area contributed by atoms with Crippen LogP contribution in [0.1, 0.15) is 0 Å². The van der Waals surface area contributed by atoms with Gasteiger partial charge in [0.2, 0.25) is 0 Å². The van der Waals surface area contributed by atoms with Crippen LogP contribution >= 0.6 is 0 Å². The van der Waals surface area contributed by atoms with Crippen LogP contribution in [0, 0.1) is 0 Å². The molecule has 6 nitrogen and oxygen atoms in total. The SMILES string of the molecule is OCCn1c(-c2ccccn2)nc2cc3c(cc21)OCCO3. The molecule has 0 amide bonds. The molecule has 4 rings (SSSR count). The Labute approximate surface area is 127 Å². The van der Waals surface area contributed by atoms with Crippen LogP contribution in [0.4, 0.5) is 0 Å². The highest BCUT2D eigenvalue weighted by atomic mass is 16.6. The van der Waals surface area contributed by atoms with Crippen molar-refractivity contribution in [1.82, 2.24) is 14.5 Å². The number of aliphatic hydroxyl groups excluding tert-OH is 1. The molecule has 0 saturated heterocycles. The molecule has 22 heavy (non-hydrogen) atoms. The first kappa shape index (κ1) is 13.1. The van der Waals surface area contributed by atoms with Gasteiger partial charge in [-0.15, -0.1) is 0 Å². The number of benzene rings is 1. The molecule has 2 aromatic heterocycles. The van der Waals surface area contributed by atoms with E-state index in [9.17, 15) is 5.11 Å². The minimum atomic E-state index is 0.0275. The second kappa shape index (κ2) is 5.31. The van der Waals surface area contributed by atoms with Crippen molar-refractivity contribution >= 4 is 11.0 Å². The average Bonchev–Trinajstić information content (AvgIpc) is 2.92. The zero-order valence-corrected chi connectivity index (χ0v) is 11.9. The van der Waals surface area contributed by atoms with Gasteiger partial charge in [-0.05, 0) is 12.1 Å². The number of hydrogen-bond acceptors (Lipinski definition) is 5. The fourth-order valence-electron chi connectivity index (χ4n) is 2.68. The molecular weight excluding hydrogens is 282 g/mol. The van der Waals surface area contributed by atoms with Crippen LogP contribution in [-0.4, -0.2) is 39.5 Å². The highest BCUT2D eigenvalue weighted by molar-refractivity contribution is 5.83. The molecule has 112 valence electrons. The Balaban J connectivity index is 1.94. The lowest BCUT2D eigenvalue weighted by molar-refractivity contribution is 0.172. The highest BCUT2D eigenvalue weighted by Crippen LogP contribution is 2.36. The fourth-order valence-corrected chi connectivity index (χ4v) is 2.68. The van der Waals surface area contributed by atoms with Gasteiger partial charge in [-0.2, -0.15) is 0 Å². The Morgan fingerprint density at radius 1 is 1.14 bits per heavy atom. The summed E-state index contributed by atoms with van der Waals surface area (Å²) in [4.78, 5) is 9.02. The number of pyridine rings is 1. The molecule has 0 atom stereocenters. The van der Waals surface area contributed by atoms with E-state index in [4.69, 9.17) is 9.47 Å². The van der Waals surface area contributed by atoms with Crippen LogP contribution in [0.3, 0.4) is 0 Å². The van der Waals surface area contributed by atoms with Crippen LogP contribution in [0.25, 0.3) is 22.6 Å². The summed E-state index contributed by atoms with van der Waals surface area (Å²) in [7, 11) is 0. The highest BCUT2D eigenvalue weighted by Gasteiger charge is 2.19. The molecule has 0 radical (unpaired) electrons. The molecule has 1 aliphatic rings. The van der Waals surface area contributed by atoms with Crippen molar-refractivity contribution in [3.8, 4) is 23.0 Å². The summed E-state index contributed by atoms with van der Waals surface area (Å²) in [5, 5.41) is 9.38. The van der Waals surface area contributed by atoms with E-state index in [1.807, 2.05) is 34.9 Å². The largest absolute Gasteiger partial charge is 0.486 e. The van der Waals surface area contributed by atoms with Gasteiger partial charge in [-0.25, -0.2) is 4.98 Å². The molecule has 1 N–H and O–H groups in total. The van der Waals surface area contributed by atoms with Crippen molar-refractivity contribution in [2.75, 3.05) is 19.8 Å². The maximum atomic E-state index is 9.38. The van der Waals surface area contributed by atoms with E-state index in [2.05, 4.69) is 9.97 Å². The molecule has 1 aromatic carbocycles. The number of hydrogen-bond donors (Lipinski definition) is 1. The lowest BCUT2D eigenvalue weighted by Crippen LogP contribution is -2.15. The molecule has 0 spiro atoms. The number of aliphatic hydroxyl groups is 1. The molecule has 0 aliphatic carbocycles. The summed E-state index contributed by atoms with van der Waals surface area (Å²) in [6.45, 7) is 1.56. The van der Waals surface area contributed by atoms with Gasteiger partial charge < -0.3 is 19.1 Å². The normalized spacial score (nSPS) is 13.5. The smallest absolute Gasteiger partial charge is 0.163 e. The molecule has 0 unspecified atom stereocenters. The molecule has 0 bridgehead atoms. The fraction of sp³-hybridized carbons (Fsp3) is 0.250. The first-order valence-electron chi connectivity index (χ1n) is 7.19. The molecule has 0 fully saturated rings. The number of fused-ring (bicyclic) bond motifs is 2. The topological polar surface area (TPSA) is 69.4 Å². The van der Waals surface area contributed by atoms with E-state index in [0.29, 0.717) is 31.3 Å². The Kier molecular flexibility index (Phi) is 3.16. The van der Waals surface area contributed by atoms with Gasteiger partial charge in [0.05, 0.1) is 17.6 Å². The zero-order valence-electron chi connectivity index (χ0n) is 11.9. The average molecular weight is 297 g/mol. The predicted octanol–water partition coefficient (Wildman–Crippen LogP) is 1.86. The molecular formula is C16H15N3O3. The third-order valence-corrected chi connectivity index (χ3v) is 3.63. The van der Waals surface area contributed by atoms with E-state index >= 15 is 0 Å². The first-order chi connectivity index (χ1) is 10.9. The van der Waals surface area contributed by atoms with Crippen molar-refractivity contribution in [3.63, 3.8) is 0 Å². The van der Waals surface area contributed by atoms with Crippen molar-refractivity contribution in [2.45, 2.75) is 6.54 Å². The Hall–Kier alpha value is -2.60. The van der Waals surface area contributed by atoms with Crippen LogP contribution in [0.15, 0.2) is 36.5 Å². The quantitative estimate of drug-likeness (QED) is 0.799. The van der Waals surface area contributed by atoms with Crippen LogP contribution in [-0.2, 0) is 6.54 Å². The van der Waals surface area contributed by atoms with Crippen LogP contribution in [0.2, 0.25) is 0 Å². The van der Waals surface area contributed by atoms with Gasteiger partial charge in [0.1, 0.15) is 18.9 Å². The summed E-state index contributed by atoms with van der Waals surface area (Å²) in [6.07, 6.45) is 1.73. The monoisotopic (exact) mass is 297 g/mol. The van der Waals surface area contributed by atoms with Crippen molar-refractivity contribution in [3.05, 3.63) is 36.5 Å². The number of nitrogens with zero attached hydrogens (tertiary/aromatic N) is 3. The van der Waals surface area contributed by atoms with Crippen molar-refractivity contribution in [1.29, 1.82) is 0 Å². The maximum absolute atomic E-state index is 9.38. The molecule has 3 heterocycles. The molecule has 3 aromatic rings. The van der Waals surface area contributed by atoms with Crippen molar-refractivity contribution in [2.24, 2.45) is 0 Å². The Morgan fingerprint density at radius 2 is 1.95 bits per heavy atom. The van der Waals surface area contributed by atoms with Gasteiger partial charge in [-0.1, -0.05) is 6.07 Å². The van der Waals surface area contributed by atoms with Crippen LogP contribution < -0.4 is 9.47 Å². The van der Waals surface area contributed by atoms with Gasteiger partial charge in [0.25, 0.3) is 0 Å². The summed E-state index contributed by atoms with van der Waals surface area (Å²) < 4.78 is 13.2. The van der Waals surface area contributed by atoms with E-state index in [0.717, 1.165) is 22.6 Å². The van der Waals surface area contributed by atoms with Crippen molar-refractivity contribution < 1.29 is 14.6 Å². The zero-order chi connectivity index (χ0) is 14.9. The summed E-state index contributed by atoms with van der Waals surface area (Å²) >= 11 is 0. The standard InChI is InChI=1S/C16H15N3O3/c20-6-5-19-13-10-15-14(21-7-8-22-15)9-12(13)18-16(19)11-3-1-2-4-17-11/h1-4,9-10,20H,5-8H2. The number of ether oxygens (including phenoxy) is 2. The molecule has 1 aliphatic heterocycles. The lowest BCUT2D eigenvalue weighted by Gasteiger charge is -2.18. The molecule has 0 saturated carbocycles. The maximum Gasteiger partial charge on any atom is 0.163 e. The summed E-state index contributed by atoms with van der Waals surface area (Å²) in [5.74, 6) is 2.15. The van der Waals surface area contributed by atoms with E-state index in [1.54, 1.807) is 6.20 Å². The van der Waals surface area contributed by atoms with E-state index in [-0.39, 0.29) is 6.61 Å². The summed E-state index contributed by atoms with van der Waals surface area (Å²) in [6, 6.07) is 9.48. The third-order valence-electron chi connectivity index (χ3n) is 3.63. The van der Waals surface area contributed by atoms with E-state index < -0.39 is 0 Å². The lowest BCUT2D eigenvalue weighted by atomic mass is 10.2. The second-order valence-electron chi connectivity index (χ2n) is 5.01. The minimum Gasteiger partial charge on any atom is -0.486 e. The van der Waals surface area contributed by atoms with Gasteiger partial charge in [0, 0.05) is 24.9 Å². The van der Waals surface area contributed by atoms with Gasteiger partial charge in [-0.3, -0.25) is 4.98 Å². The predicted molar refractivity (Wildman–Crippen MR) is 81.0 cm³/mol. The van der Waals surface area contributed by atoms with E-state index in [1.165, 1.54) is 0 Å². The minimum absolute atomic E-state index is 0.0275. The van der Waals surface area contributed by atoms with Gasteiger partial charge >= 0.3 is 0 Å². The third kappa shape index (κ3) is 2.08. The number of rotatable bonds is 3. The number of aromatic nitrogens is 3. The van der Waals surface area contributed by atoms with Crippen LogP contribution in [0.5, 0.6) is 11.5 Å². The second-order valence-corrected chi connectivity index (χ2v) is 5.01.